The molecule has 0 spiro atoms. The van der Waals surface area contributed by atoms with Gasteiger partial charge < -0.3 is 20.8 Å². The van der Waals surface area contributed by atoms with Crippen LogP contribution in [0.4, 0.5) is 4.79 Å². The molecule has 7 nitrogen and oxygen atoms in total. The van der Waals surface area contributed by atoms with Crippen LogP contribution in [0.25, 0.3) is 0 Å². The van der Waals surface area contributed by atoms with Gasteiger partial charge in [0.25, 0.3) is 0 Å². The topological polar surface area (TPSA) is 116 Å². The van der Waals surface area contributed by atoms with Gasteiger partial charge in [-0.15, -0.1) is 0 Å². The minimum atomic E-state index is -1.98. The lowest BCUT2D eigenvalue weighted by Crippen LogP contribution is -2.49. The van der Waals surface area contributed by atoms with Gasteiger partial charge in [0.15, 0.2) is 5.60 Å². The van der Waals surface area contributed by atoms with E-state index in [-0.39, 0.29) is 6.54 Å². The summed E-state index contributed by atoms with van der Waals surface area (Å²) in [5, 5.41) is 22.6. The van der Waals surface area contributed by atoms with Crippen molar-refractivity contribution in [2.75, 3.05) is 25.1 Å². The minimum Gasteiger partial charge on any atom is -0.479 e. The van der Waals surface area contributed by atoms with Crippen molar-refractivity contribution >= 4 is 22.8 Å². The summed E-state index contributed by atoms with van der Waals surface area (Å²) in [5.74, 6) is -0.910. The smallest absolute Gasteiger partial charge is 0.337 e. The van der Waals surface area contributed by atoms with Gasteiger partial charge in [-0.25, -0.2) is 9.59 Å². The molecular formula is C9H18N2O5S. The van der Waals surface area contributed by atoms with Gasteiger partial charge in [0.05, 0.1) is 6.54 Å². The zero-order chi connectivity index (χ0) is 13.5. The lowest BCUT2D eigenvalue weighted by atomic mass is 10.1. The normalized spacial score (nSPS) is 15.7. The molecule has 0 fully saturated rings. The van der Waals surface area contributed by atoms with Crippen LogP contribution in [0.3, 0.4) is 0 Å². The van der Waals surface area contributed by atoms with Crippen molar-refractivity contribution in [2.24, 2.45) is 0 Å². The Labute approximate surface area is 102 Å². The van der Waals surface area contributed by atoms with E-state index in [1.165, 1.54) is 0 Å². The SMILES string of the molecule is CS(=O)CCCNC(=O)NCC(C)(O)C(=O)O. The number of aliphatic carboxylic acids is 1. The van der Waals surface area contributed by atoms with E-state index in [1.807, 2.05) is 0 Å². The number of carboxylic acid groups (broad SMARTS) is 1. The van der Waals surface area contributed by atoms with E-state index < -0.39 is 28.4 Å². The van der Waals surface area contributed by atoms with Gasteiger partial charge in [0, 0.05) is 29.4 Å². The lowest BCUT2D eigenvalue weighted by Gasteiger charge is -2.18. The van der Waals surface area contributed by atoms with E-state index in [4.69, 9.17) is 5.11 Å². The molecule has 2 atom stereocenters. The average molecular weight is 266 g/mol. The number of nitrogens with one attached hydrogen (secondary N) is 2. The maximum absolute atomic E-state index is 11.2. The van der Waals surface area contributed by atoms with Crippen molar-refractivity contribution in [3.05, 3.63) is 0 Å². The van der Waals surface area contributed by atoms with Crippen molar-refractivity contribution in [3.8, 4) is 0 Å². The highest BCUT2D eigenvalue weighted by Crippen LogP contribution is 2.00. The molecule has 0 aliphatic carbocycles. The van der Waals surface area contributed by atoms with Gasteiger partial charge in [0.1, 0.15) is 0 Å². The van der Waals surface area contributed by atoms with Crippen molar-refractivity contribution in [1.82, 2.24) is 10.6 Å². The standard InChI is InChI=1S/C9H18N2O5S/c1-9(15,7(12)13)6-11-8(14)10-4-3-5-17(2)16/h15H,3-6H2,1-2H3,(H,12,13)(H2,10,11,14). The third kappa shape index (κ3) is 7.70. The predicted molar refractivity (Wildman–Crippen MR) is 63.2 cm³/mol. The van der Waals surface area contributed by atoms with Crippen molar-refractivity contribution in [1.29, 1.82) is 0 Å². The molecule has 0 saturated carbocycles. The predicted octanol–water partition coefficient (Wildman–Crippen LogP) is -1.11. The Morgan fingerprint density at radius 1 is 1.35 bits per heavy atom. The number of aliphatic hydroxyl groups is 1. The first kappa shape index (κ1) is 15.9. The van der Waals surface area contributed by atoms with Crippen molar-refractivity contribution in [3.63, 3.8) is 0 Å². The highest BCUT2D eigenvalue weighted by molar-refractivity contribution is 7.84. The Balaban J connectivity index is 3.74. The second kappa shape index (κ2) is 7.23. The summed E-state index contributed by atoms with van der Waals surface area (Å²) < 4.78 is 10.7. The second-order valence-corrected chi connectivity index (χ2v) is 5.37. The van der Waals surface area contributed by atoms with Crippen LogP contribution in [0, 0.1) is 0 Å². The first-order valence-electron chi connectivity index (χ1n) is 5.03. The summed E-state index contributed by atoms with van der Waals surface area (Å²) in [6, 6.07) is -0.562. The molecule has 0 bridgehead atoms. The number of hydrogen-bond acceptors (Lipinski definition) is 4. The molecule has 0 radical (unpaired) electrons. The van der Waals surface area contributed by atoms with E-state index in [1.54, 1.807) is 6.26 Å². The Morgan fingerprint density at radius 2 is 1.94 bits per heavy atom. The number of hydrogen-bond donors (Lipinski definition) is 4. The molecule has 8 heteroatoms. The van der Waals surface area contributed by atoms with E-state index in [0.717, 1.165) is 6.92 Å². The molecule has 0 saturated heterocycles. The first-order chi connectivity index (χ1) is 7.75. The maximum atomic E-state index is 11.2. The zero-order valence-electron chi connectivity index (χ0n) is 9.86. The van der Waals surface area contributed by atoms with E-state index in [9.17, 15) is 18.9 Å². The third-order valence-corrected chi connectivity index (χ3v) is 2.81. The summed E-state index contributed by atoms with van der Waals surface area (Å²) in [6.45, 7) is 1.06. The molecule has 2 amide bonds. The molecule has 0 rings (SSSR count). The van der Waals surface area contributed by atoms with Crippen LogP contribution >= 0.6 is 0 Å². The van der Waals surface area contributed by atoms with Crippen LogP contribution in [0.5, 0.6) is 0 Å². The molecule has 0 aliphatic heterocycles. The summed E-state index contributed by atoms with van der Waals surface area (Å²) in [5.41, 5.74) is -1.98. The van der Waals surface area contributed by atoms with E-state index >= 15 is 0 Å². The van der Waals surface area contributed by atoms with Crippen LogP contribution in [0.15, 0.2) is 0 Å². The van der Waals surface area contributed by atoms with E-state index in [0.29, 0.717) is 18.7 Å². The number of carbonyl (C=O) groups is 2. The molecule has 0 aliphatic rings. The highest BCUT2D eigenvalue weighted by Gasteiger charge is 2.30. The number of amides is 2. The van der Waals surface area contributed by atoms with Crippen LogP contribution < -0.4 is 10.6 Å². The number of carboxylic acids is 1. The fourth-order valence-electron chi connectivity index (χ4n) is 0.868. The molecule has 2 unspecified atom stereocenters. The molecule has 0 heterocycles. The Morgan fingerprint density at radius 3 is 2.41 bits per heavy atom. The summed E-state index contributed by atoms with van der Waals surface area (Å²) >= 11 is 0. The van der Waals surface area contributed by atoms with Crippen LogP contribution in [-0.4, -0.2) is 57.1 Å². The average Bonchev–Trinajstić information content (AvgIpc) is 2.21. The summed E-state index contributed by atoms with van der Waals surface area (Å²) in [4.78, 5) is 21.7. The Kier molecular flexibility index (Phi) is 6.74. The first-order valence-corrected chi connectivity index (χ1v) is 6.76. The molecule has 100 valence electrons. The van der Waals surface area contributed by atoms with Gasteiger partial charge in [0.2, 0.25) is 0 Å². The molecule has 0 aromatic rings. The fraction of sp³-hybridized carbons (Fsp3) is 0.778. The minimum absolute atomic E-state index is 0.348. The molecule has 17 heavy (non-hydrogen) atoms. The Bertz CT molecular complexity index is 306. The monoisotopic (exact) mass is 266 g/mol. The quantitative estimate of drug-likeness (QED) is 0.436. The largest absolute Gasteiger partial charge is 0.479 e. The molecular weight excluding hydrogens is 248 g/mol. The van der Waals surface area contributed by atoms with Crippen molar-refractivity contribution < 1.29 is 24.0 Å². The van der Waals surface area contributed by atoms with Crippen molar-refractivity contribution in [2.45, 2.75) is 18.9 Å². The van der Waals surface area contributed by atoms with Crippen LogP contribution in [-0.2, 0) is 15.6 Å². The highest BCUT2D eigenvalue weighted by atomic mass is 32.2. The maximum Gasteiger partial charge on any atom is 0.337 e. The van der Waals surface area contributed by atoms with Gasteiger partial charge in [-0.3, -0.25) is 4.21 Å². The lowest BCUT2D eigenvalue weighted by molar-refractivity contribution is -0.155. The van der Waals surface area contributed by atoms with Gasteiger partial charge in [-0.05, 0) is 13.3 Å². The molecule has 0 aromatic carbocycles. The Hall–Kier alpha value is -1.15. The van der Waals surface area contributed by atoms with Gasteiger partial charge in [-0.2, -0.15) is 0 Å². The summed E-state index contributed by atoms with van der Waals surface area (Å²) in [7, 11) is -0.894. The molecule has 0 aromatic heterocycles. The number of urea groups is 1. The van der Waals surface area contributed by atoms with Crippen LogP contribution in [0.2, 0.25) is 0 Å². The number of carbonyl (C=O) groups excluding carboxylic acids is 1. The fourth-order valence-corrected chi connectivity index (χ4v) is 1.42. The third-order valence-electron chi connectivity index (χ3n) is 1.95. The van der Waals surface area contributed by atoms with Gasteiger partial charge >= 0.3 is 12.0 Å². The van der Waals surface area contributed by atoms with Gasteiger partial charge in [-0.1, -0.05) is 0 Å². The van der Waals surface area contributed by atoms with E-state index in [2.05, 4.69) is 10.6 Å². The summed E-state index contributed by atoms with van der Waals surface area (Å²) in [6.07, 6.45) is 2.15. The molecule has 4 N–H and O–H groups in total. The van der Waals surface area contributed by atoms with Crippen LogP contribution in [0.1, 0.15) is 13.3 Å². The second-order valence-electron chi connectivity index (χ2n) is 3.82. The number of rotatable bonds is 7. The zero-order valence-corrected chi connectivity index (χ0v) is 10.7.